The molecule has 0 aromatic heterocycles. The zero-order valence-electron chi connectivity index (χ0n) is 16.1. The van der Waals surface area contributed by atoms with Crippen LogP contribution in [-0.2, 0) is 20.0 Å². The van der Waals surface area contributed by atoms with Gasteiger partial charge >= 0.3 is 5.97 Å². The molecule has 1 fully saturated rings. The highest BCUT2D eigenvalue weighted by atomic mass is 16.7. The minimum atomic E-state index is -0.766. The molecule has 140 valence electrons. The van der Waals surface area contributed by atoms with E-state index in [2.05, 4.69) is 39.5 Å². The number of esters is 1. The third-order valence-corrected chi connectivity index (χ3v) is 4.72. The largest absolute Gasteiger partial charge is 0.461 e. The Balaban J connectivity index is 2.03. The molecule has 25 heavy (non-hydrogen) atoms. The van der Waals surface area contributed by atoms with Crippen LogP contribution in [0.25, 0.3) is 0 Å². The van der Waals surface area contributed by atoms with E-state index in [4.69, 9.17) is 14.2 Å². The summed E-state index contributed by atoms with van der Waals surface area (Å²) >= 11 is 0. The molecule has 0 radical (unpaired) electrons. The van der Waals surface area contributed by atoms with E-state index < -0.39 is 5.79 Å². The Morgan fingerprint density at radius 2 is 1.68 bits per heavy atom. The summed E-state index contributed by atoms with van der Waals surface area (Å²) in [5, 5.41) is 0. The second-order valence-electron chi connectivity index (χ2n) is 7.30. The van der Waals surface area contributed by atoms with E-state index in [1.54, 1.807) is 12.1 Å². The van der Waals surface area contributed by atoms with Crippen molar-refractivity contribution in [2.45, 2.75) is 40.4 Å². The maximum atomic E-state index is 12.2. The van der Waals surface area contributed by atoms with Crippen molar-refractivity contribution in [3.8, 4) is 0 Å². The Morgan fingerprint density at radius 1 is 1.12 bits per heavy atom. The number of nitrogens with zero attached hydrogens (tertiary/aromatic N) is 1. The zero-order chi connectivity index (χ0) is 18.5. The van der Waals surface area contributed by atoms with Gasteiger partial charge in [-0.25, -0.2) is 4.79 Å². The van der Waals surface area contributed by atoms with Crippen LogP contribution in [0.5, 0.6) is 0 Å². The number of carbonyl (C=O) groups excluding carboxylic acids is 1. The van der Waals surface area contributed by atoms with Crippen LogP contribution in [0.2, 0.25) is 0 Å². The Kier molecular flexibility index (Phi) is 6.60. The van der Waals surface area contributed by atoms with E-state index in [0.717, 1.165) is 25.2 Å². The van der Waals surface area contributed by atoms with Crippen molar-refractivity contribution in [2.75, 3.05) is 39.5 Å². The van der Waals surface area contributed by atoms with Gasteiger partial charge in [0.1, 0.15) is 6.61 Å². The highest BCUT2D eigenvalue weighted by molar-refractivity contribution is 5.89. The van der Waals surface area contributed by atoms with Crippen molar-refractivity contribution >= 4 is 5.97 Å². The number of carbonyl (C=O) groups is 1. The number of likely N-dealkylation sites (N-methyl/N-ethyl adjacent to an activating group) is 1. The van der Waals surface area contributed by atoms with Gasteiger partial charge in [-0.1, -0.05) is 46.8 Å². The number of ether oxygens (including phenoxy) is 3. The summed E-state index contributed by atoms with van der Waals surface area (Å²) < 4.78 is 17.3. The van der Waals surface area contributed by atoms with Gasteiger partial charge in [0.2, 0.25) is 0 Å². The van der Waals surface area contributed by atoms with Gasteiger partial charge in [0.25, 0.3) is 0 Å². The summed E-state index contributed by atoms with van der Waals surface area (Å²) in [4.78, 5) is 14.4. The van der Waals surface area contributed by atoms with Gasteiger partial charge in [-0.2, -0.15) is 0 Å². The molecular formula is C20H31NO4. The second kappa shape index (κ2) is 8.30. The summed E-state index contributed by atoms with van der Waals surface area (Å²) in [7, 11) is 0. The van der Waals surface area contributed by atoms with Gasteiger partial charge in [0.15, 0.2) is 5.79 Å². The minimum absolute atomic E-state index is 0.213. The van der Waals surface area contributed by atoms with Gasteiger partial charge < -0.3 is 19.1 Å². The lowest BCUT2D eigenvalue weighted by Crippen LogP contribution is -2.41. The van der Waals surface area contributed by atoms with E-state index in [-0.39, 0.29) is 11.4 Å². The molecule has 1 heterocycles. The Morgan fingerprint density at radius 3 is 2.16 bits per heavy atom. The summed E-state index contributed by atoms with van der Waals surface area (Å²) in [6.45, 7) is 14.7. The molecule has 5 heteroatoms. The average Bonchev–Trinajstić information content (AvgIpc) is 3.10. The van der Waals surface area contributed by atoms with E-state index in [1.165, 1.54) is 0 Å². The van der Waals surface area contributed by atoms with Crippen LogP contribution in [0.3, 0.4) is 0 Å². The summed E-state index contributed by atoms with van der Waals surface area (Å²) in [5.41, 5.74) is 1.26. The molecule has 0 unspecified atom stereocenters. The average molecular weight is 349 g/mol. The fraction of sp³-hybridized carbons (Fsp3) is 0.650. The van der Waals surface area contributed by atoms with E-state index in [1.807, 2.05) is 12.1 Å². The van der Waals surface area contributed by atoms with Crippen molar-refractivity contribution in [3.63, 3.8) is 0 Å². The molecule has 0 spiro atoms. The number of rotatable bonds is 7. The lowest BCUT2D eigenvalue weighted by atomic mass is 9.80. The molecule has 1 aromatic rings. The number of hydrogen-bond donors (Lipinski definition) is 0. The fourth-order valence-electron chi connectivity index (χ4n) is 3.16. The van der Waals surface area contributed by atoms with Gasteiger partial charge in [-0.3, -0.25) is 0 Å². The number of hydrogen-bond acceptors (Lipinski definition) is 5. The van der Waals surface area contributed by atoms with Crippen LogP contribution in [0.1, 0.15) is 50.5 Å². The molecule has 2 rings (SSSR count). The summed E-state index contributed by atoms with van der Waals surface area (Å²) in [6.07, 6.45) is 0. The van der Waals surface area contributed by atoms with E-state index >= 15 is 0 Å². The van der Waals surface area contributed by atoms with Crippen molar-refractivity contribution in [1.29, 1.82) is 0 Å². The topological polar surface area (TPSA) is 48.0 Å². The van der Waals surface area contributed by atoms with Crippen molar-refractivity contribution in [1.82, 2.24) is 4.90 Å². The van der Waals surface area contributed by atoms with Gasteiger partial charge in [0, 0.05) is 17.5 Å². The quantitative estimate of drug-likeness (QED) is 0.706. The molecule has 1 aromatic carbocycles. The molecule has 0 bridgehead atoms. The first-order valence-corrected chi connectivity index (χ1v) is 9.12. The molecule has 0 amide bonds. The minimum Gasteiger partial charge on any atom is -0.461 e. The molecular weight excluding hydrogens is 318 g/mol. The Labute approximate surface area is 151 Å². The maximum Gasteiger partial charge on any atom is 0.338 e. The zero-order valence-corrected chi connectivity index (χ0v) is 16.1. The molecule has 0 N–H and O–H groups in total. The van der Waals surface area contributed by atoms with Crippen LogP contribution >= 0.6 is 0 Å². The first-order chi connectivity index (χ1) is 11.8. The van der Waals surface area contributed by atoms with Crippen molar-refractivity contribution in [2.24, 2.45) is 5.41 Å². The SMILES string of the molecule is CCN(CC)CCOC(=O)c1ccc(C2(C(C)(C)C)OCCO2)cc1. The molecule has 1 aliphatic heterocycles. The maximum absolute atomic E-state index is 12.2. The fourth-order valence-corrected chi connectivity index (χ4v) is 3.16. The van der Waals surface area contributed by atoms with Crippen molar-refractivity contribution in [3.05, 3.63) is 35.4 Å². The Bertz CT molecular complexity index is 552. The lowest BCUT2D eigenvalue weighted by Gasteiger charge is -2.39. The third-order valence-electron chi connectivity index (χ3n) is 4.72. The van der Waals surface area contributed by atoms with Crippen LogP contribution < -0.4 is 0 Å². The Hall–Kier alpha value is -1.43. The molecule has 0 aliphatic carbocycles. The molecule has 5 nitrogen and oxygen atoms in total. The monoisotopic (exact) mass is 349 g/mol. The third kappa shape index (κ3) is 4.40. The first-order valence-electron chi connectivity index (χ1n) is 9.12. The molecule has 1 saturated heterocycles. The van der Waals surface area contributed by atoms with E-state index in [9.17, 15) is 4.79 Å². The molecule has 0 saturated carbocycles. The number of benzene rings is 1. The first kappa shape index (κ1) is 19.9. The predicted octanol–water partition coefficient (Wildman–Crippen LogP) is 3.43. The van der Waals surface area contributed by atoms with Gasteiger partial charge in [-0.05, 0) is 25.2 Å². The smallest absolute Gasteiger partial charge is 0.338 e. The molecule has 1 aliphatic rings. The summed E-state index contributed by atoms with van der Waals surface area (Å²) in [6, 6.07) is 7.37. The van der Waals surface area contributed by atoms with Crippen LogP contribution in [0.15, 0.2) is 24.3 Å². The van der Waals surface area contributed by atoms with Crippen molar-refractivity contribution < 1.29 is 19.0 Å². The van der Waals surface area contributed by atoms with Gasteiger partial charge in [-0.15, -0.1) is 0 Å². The van der Waals surface area contributed by atoms with Crippen LogP contribution in [0, 0.1) is 5.41 Å². The summed E-state index contributed by atoms with van der Waals surface area (Å²) in [5.74, 6) is -1.06. The second-order valence-corrected chi connectivity index (χ2v) is 7.30. The van der Waals surface area contributed by atoms with Gasteiger partial charge in [0.05, 0.1) is 18.8 Å². The normalized spacial score (nSPS) is 17.0. The molecule has 0 atom stereocenters. The standard InChI is InChI=1S/C20H31NO4/c1-6-21(7-2)12-13-23-18(22)16-8-10-17(11-9-16)20(19(3,4)5)24-14-15-25-20/h8-11H,6-7,12-15H2,1-5H3. The lowest BCUT2D eigenvalue weighted by molar-refractivity contribution is -0.232. The van der Waals surface area contributed by atoms with Crippen LogP contribution in [0.4, 0.5) is 0 Å². The highest BCUT2D eigenvalue weighted by Gasteiger charge is 2.48. The van der Waals surface area contributed by atoms with Crippen LogP contribution in [-0.4, -0.2) is 50.3 Å². The van der Waals surface area contributed by atoms with E-state index in [0.29, 0.717) is 25.4 Å². The highest BCUT2D eigenvalue weighted by Crippen LogP contribution is 2.46. The predicted molar refractivity (Wildman–Crippen MR) is 97.5 cm³/mol.